The minimum atomic E-state index is -0.508. The highest BCUT2D eigenvalue weighted by atomic mass is 16.6. The fourth-order valence-electron chi connectivity index (χ4n) is 3.53. The number of hydrogen-bond donors (Lipinski definition) is 0. The van der Waals surface area contributed by atoms with Crippen LogP contribution in [0.15, 0.2) is 18.2 Å². The molecule has 2 saturated heterocycles. The monoisotopic (exact) mass is 289 g/mol. The van der Waals surface area contributed by atoms with Crippen molar-refractivity contribution in [2.24, 2.45) is 0 Å². The molecule has 2 atom stereocenters. The number of rotatable bonds is 3. The van der Waals surface area contributed by atoms with Crippen molar-refractivity contribution in [2.45, 2.75) is 31.8 Å². The molecule has 6 nitrogen and oxygen atoms in total. The average Bonchev–Trinajstić information content (AvgIpc) is 2.92. The number of carbonyl (C=O) groups excluding carboxylic acids is 1. The molecule has 1 aromatic carbocycles. The minimum absolute atomic E-state index is 0.124. The van der Waals surface area contributed by atoms with Crippen molar-refractivity contribution in [1.29, 1.82) is 0 Å². The lowest BCUT2D eigenvalue weighted by atomic mass is 10.1. The molecule has 2 aliphatic heterocycles. The standard InChI is InChI=1S/C15H19N3O3/c1-11-8-16-6-2-3-14(16)9-17(11)13-4-5-15(18(20)21)12(7-13)10-19/h4-5,7,10-11,14H,2-3,6,8-9H2,1H3. The quantitative estimate of drug-likeness (QED) is 0.484. The average molecular weight is 289 g/mol. The Labute approximate surface area is 123 Å². The summed E-state index contributed by atoms with van der Waals surface area (Å²) in [4.78, 5) is 26.3. The highest BCUT2D eigenvalue weighted by Crippen LogP contribution is 2.30. The van der Waals surface area contributed by atoms with Gasteiger partial charge in [0.1, 0.15) is 0 Å². The third-order valence-electron chi connectivity index (χ3n) is 4.60. The Balaban J connectivity index is 1.89. The van der Waals surface area contributed by atoms with Crippen molar-refractivity contribution in [2.75, 3.05) is 24.5 Å². The lowest BCUT2D eigenvalue weighted by molar-refractivity contribution is -0.385. The Morgan fingerprint density at radius 3 is 2.90 bits per heavy atom. The first-order valence-electron chi connectivity index (χ1n) is 7.34. The maximum Gasteiger partial charge on any atom is 0.280 e. The summed E-state index contributed by atoms with van der Waals surface area (Å²) in [7, 11) is 0. The van der Waals surface area contributed by atoms with Crippen LogP contribution in [-0.2, 0) is 0 Å². The maximum atomic E-state index is 11.1. The van der Waals surface area contributed by atoms with Crippen LogP contribution in [0.2, 0.25) is 0 Å². The SMILES string of the molecule is CC1CN2CCCC2CN1c1ccc([N+](=O)[O-])c(C=O)c1. The van der Waals surface area contributed by atoms with Gasteiger partial charge in [0.2, 0.25) is 0 Å². The Kier molecular flexibility index (Phi) is 3.63. The van der Waals surface area contributed by atoms with Gasteiger partial charge in [0.25, 0.3) is 5.69 Å². The zero-order chi connectivity index (χ0) is 15.0. The van der Waals surface area contributed by atoms with Gasteiger partial charge in [-0.15, -0.1) is 0 Å². The van der Waals surface area contributed by atoms with E-state index in [2.05, 4.69) is 16.7 Å². The van der Waals surface area contributed by atoms with Crippen LogP contribution in [0.1, 0.15) is 30.1 Å². The number of hydrogen-bond acceptors (Lipinski definition) is 5. The molecule has 6 heteroatoms. The first-order valence-corrected chi connectivity index (χ1v) is 7.34. The van der Waals surface area contributed by atoms with Crippen LogP contribution in [0, 0.1) is 10.1 Å². The van der Waals surface area contributed by atoms with Gasteiger partial charge in [-0.2, -0.15) is 0 Å². The number of aldehydes is 1. The number of anilines is 1. The summed E-state index contributed by atoms with van der Waals surface area (Å²) in [6.45, 7) is 5.27. The second-order valence-corrected chi connectivity index (χ2v) is 5.91. The van der Waals surface area contributed by atoms with Gasteiger partial charge in [-0.25, -0.2) is 0 Å². The van der Waals surface area contributed by atoms with E-state index in [1.165, 1.54) is 25.5 Å². The first-order chi connectivity index (χ1) is 10.1. The molecule has 0 bridgehead atoms. The largest absolute Gasteiger partial charge is 0.366 e. The summed E-state index contributed by atoms with van der Waals surface area (Å²) >= 11 is 0. The number of fused-ring (bicyclic) bond motifs is 1. The van der Waals surface area contributed by atoms with E-state index in [-0.39, 0.29) is 11.3 Å². The Morgan fingerprint density at radius 2 is 2.19 bits per heavy atom. The lowest BCUT2D eigenvalue weighted by Crippen LogP contribution is -2.55. The first kappa shape index (κ1) is 14.0. The summed E-state index contributed by atoms with van der Waals surface area (Å²) in [6, 6.07) is 5.75. The van der Waals surface area contributed by atoms with E-state index in [0.29, 0.717) is 18.4 Å². The molecular formula is C15H19N3O3. The van der Waals surface area contributed by atoms with E-state index in [1.807, 2.05) is 0 Å². The van der Waals surface area contributed by atoms with Crippen LogP contribution in [0.3, 0.4) is 0 Å². The predicted octanol–water partition coefficient (Wildman–Crippen LogP) is 2.08. The number of carbonyl (C=O) groups is 1. The van der Waals surface area contributed by atoms with E-state index < -0.39 is 4.92 Å². The Hall–Kier alpha value is -1.95. The molecule has 0 aromatic heterocycles. The molecule has 112 valence electrons. The third-order valence-corrected chi connectivity index (χ3v) is 4.60. The molecule has 0 aliphatic carbocycles. The van der Waals surface area contributed by atoms with Crippen LogP contribution in [0.25, 0.3) is 0 Å². The highest BCUT2D eigenvalue weighted by molar-refractivity contribution is 5.83. The van der Waals surface area contributed by atoms with Crippen LogP contribution in [0.5, 0.6) is 0 Å². The van der Waals surface area contributed by atoms with Gasteiger partial charge in [0.05, 0.1) is 10.5 Å². The Morgan fingerprint density at radius 1 is 1.38 bits per heavy atom. The third kappa shape index (κ3) is 2.51. The van der Waals surface area contributed by atoms with Crippen molar-refractivity contribution < 1.29 is 9.72 Å². The van der Waals surface area contributed by atoms with E-state index in [0.717, 1.165) is 18.8 Å². The van der Waals surface area contributed by atoms with E-state index in [4.69, 9.17) is 0 Å². The summed E-state index contributed by atoms with van der Waals surface area (Å²) in [6.07, 6.45) is 3.01. The molecular weight excluding hydrogens is 270 g/mol. The fraction of sp³-hybridized carbons (Fsp3) is 0.533. The van der Waals surface area contributed by atoms with Crippen LogP contribution < -0.4 is 4.90 Å². The van der Waals surface area contributed by atoms with E-state index in [9.17, 15) is 14.9 Å². The summed E-state index contributed by atoms with van der Waals surface area (Å²) in [5, 5.41) is 10.9. The molecule has 1 aromatic rings. The molecule has 21 heavy (non-hydrogen) atoms. The Bertz CT molecular complexity index is 575. The number of nitrogens with zero attached hydrogens (tertiary/aromatic N) is 3. The number of nitro groups is 1. The predicted molar refractivity (Wildman–Crippen MR) is 79.9 cm³/mol. The fourth-order valence-corrected chi connectivity index (χ4v) is 3.53. The molecule has 0 saturated carbocycles. The van der Waals surface area contributed by atoms with Crippen LogP contribution >= 0.6 is 0 Å². The molecule has 0 spiro atoms. The lowest BCUT2D eigenvalue weighted by Gasteiger charge is -2.43. The van der Waals surface area contributed by atoms with Gasteiger partial charge in [-0.05, 0) is 38.4 Å². The van der Waals surface area contributed by atoms with Crippen molar-refractivity contribution in [1.82, 2.24) is 4.90 Å². The second-order valence-electron chi connectivity index (χ2n) is 5.91. The van der Waals surface area contributed by atoms with Gasteiger partial charge in [0, 0.05) is 36.9 Å². The van der Waals surface area contributed by atoms with Gasteiger partial charge >= 0.3 is 0 Å². The van der Waals surface area contributed by atoms with Gasteiger partial charge in [0.15, 0.2) is 6.29 Å². The topological polar surface area (TPSA) is 66.7 Å². The van der Waals surface area contributed by atoms with Gasteiger partial charge < -0.3 is 4.90 Å². The van der Waals surface area contributed by atoms with Crippen LogP contribution in [0.4, 0.5) is 11.4 Å². The van der Waals surface area contributed by atoms with E-state index in [1.54, 1.807) is 12.1 Å². The van der Waals surface area contributed by atoms with Crippen LogP contribution in [-0.4, -0.2) is 47.8 Å². The normalized spacial score (nSPS) is 25.7. The molecule has 0 N–H and O–H groups in total. The number of piperazine rings is 1. The zero-order valence-corrected chi connectivity index (χ0v) is 12.1. The second kappa shape index (κ2) is 5.44. The molecule has 0 radical (unpaired) electrons. The van der Waals surface area contributed by atoms with Gasteiger partial charge in [-0.3, -0.25) is 19.8 Å². The molecule has 2 aliphatic rings. The smallest absolute Gasteiger partial charge is 0.280 e. The van der Waals surface area contributed by atoms with Gasteiger partial charge in [-0.1, -0.05) is 0 Å². The summed E-state index contributed by atoms with van der Waals surface area (Å²) in [5.41, 5.74) is 0.932. The van der Waals surface area contributed by atoms with Crippen molar-refractivity contribution in [3.05, 3.63) is 33.9 Å². The maximum absolute atomic E-state index is 11.1. The van der Waals surface area contributed by atoms with Crippen molar-refractivity contribution >= 4 is 17.7 Å². The summed E-state index contributed by atoms with van der Waals surface area (Å²) in [5.74, 6) is 0. The molecule has 2 fully saturated rings. The summed E-state index contributed by atoms with van der Waals surface area (Å²) < 4.78 is 0. The van der Waals surface area contributed by atoms with E-state index >= 15 is 0 Å². The van der Waals surface area contributed by atoms with Crippen molar-refractivity contribution in [3.63, 3.8) is 0 Å². The molecule has 0 amide bonds. The zero-order valence-electron chi connectivity index (χ0n) is 12.1. The number of benzene rings is 1. The number of nitro benzene ring substituents is 1. The molecule has 2 heterocycles. The molecule has 3 rings (SSSR count). The van der Waals surface area contributed by atoms with Crippen molar-refractivity contribution in [3.8, 4) is 0 Å². The highest BCUT2D eigenvalue weighted by Gasteiger charge is 2.34. The molecule has 2 unspecified atom stereocenters. The minimum Gasteiger partial charge on any atom is -0.366 e.